The molecule has 0 spiro atoms. The van der Waals surface area contributed by atoms with Crippen LogP contribution in [-0.2, 0) is 0 Å². The second-order valence-corrected chi connectivity index (χ2v) is 22.6. The van der Waals surface area contributed by atoms with Crippen LogP contribution < -0.4 is 0 Å². The Morgan fingerprint density at radius 3 is 1.88 bits per heavy atom. The fourth-order valence-corrected chi connectivity index (χ4v) is 19.2. The van der Waals surface area contributed by atoms with Crippen LogP contribution in [0.3, 0.4) is 0 Å². The molecule has 0 aromatic rings. The first-order chi connectivity index (χ1) is 3.71. The van der Waals surface area contributed by atoms with Gasteiger partial charge >= 0.3 is 64.4 Å². The average molecular weight is 255 g/mol. The first-order valence-corrected chi connectivity index (χ1v) is 14.9. The third kappa shape index (κ3) is 2.40. The monoisotopic (exact) mass is 256 g/mol. The van der Waals surface area contributed by atoms with Crippen molar-refractivity contribution in [3.63, 3.8) is 0 Å². The number of rotatable bonds is 0. The van der Waals surface area contributed by atoms with E-state index in [-0.39, 0.29) is 0 Å². The molecule has 0 N–H and O–H groups in total. The van der Waals surface area contributed by atoms with Crippen LogP contribution in [0.25, 0.3) is 0 Å². The predicted octanol–water partition coefficient (Wildman–Crippen LogP) is 2.21. The molecule has 8 heavy (non-hydrogen) atoms. The molecule has 0 amide bonds. The van der Waals surface area contributed by atoms with Crippen LogP contribution in [0.5, 0.6) is 0 Å². The summed E-state index contributed by atoms with van der Waals surface area (Å²) in [5.41, 5.74) is 0. The second kappa shape index (κ2) is 3.06. The van der Waals surface area contributed by atoms with Gasteiger partial charge in [0.2, 0.25) is 0 Å². The van der Waals surface area contributed by atoms with Gasteiger partial charge in [-0.2, -0.15) is 0 Å². The second-order valence-electron chi connectivity index (χ2n) is 2.98. The van der Waals surface area contributed by atoms with Crippen molar-refractivity contribution in [2.45, 2.75) is 9.88 Å². The first-order valence-electron chi connectivity index (χ1n) is 2.86. The molecule has 0 unspecified atom stereocenters. The fourth-order valence-electron chi connectivity index (χ4n) is 0.737. The zero-order valence-corrected chi connectivity index (χ0v) is 9.92. The third-order valence-electron chi connectivity index (χ3n) is 1.15. The van der Waals surface area contributed by atoms with Gasteiger partial charge in [-0.25, -0.2) is 0 Å². The van der Waals surface area contributed by atoms with Gasteiger partial charge in [0.15, 0.2) is 0 Å². The van der Waals surface area contributed by atoms with Gasteiger partial charge in [-0.05, 0) is 0 Å². The molecular weight excluding hydrogens is 243 g/mol. The summed E-state index contributed by atoms with van der Waals surface area (Å²) >= 11 is 3.00. The van der Waals surface area contributed by atoms with E-state index in [0.29, 0.717) is 0 Å². The average Bonchev–Trinajstić information content (AvgIpc) is 1.65. The van der Waals surface area contributed by atoms with Crippen molar-refractivity contribution in [1.29, 1.82) is 0 Å². The van der Waals surface area contributed by atoms with E-state index in [0.717, 1.165) is 0 Å². The number of thioether (sulfide) groups is 2. The fraction of sp³-hybridized carbons (Fsp3) is 1.00. The molecule has 1 heterocycles. The third-order valence-corrected chi connectivity index (χ3v) is 21.3. The zero-order chi connectivity index (χ0) is 6.04. The zero-order valence-electron chi connectivity index (χ0n) is 5.44. The summed E-state index contributed by atoms with van der Waals surface area (Å²) in [6.07, 6.45) is 0. The van der Waals surface area contributed by atoms with Crippen molar-refractivity contribution in [3.8, 4) is 0 Å². The Labute approximate surface area is 64.1 Å². The molecule has 0 atom stereocenters. The maximum absolute atomic E-state index is 2.55. The van der Waals surface area contributed by atoms with E-state index >= 15 is 0 Å². The van der Waals surface area contributed by atoms with Crippen molar-refractivity contribution < 1.29 is 0 Å². The van der Waals surface area contributed by atoms with Crippen LogP contribution in [0.1, 0.15) is 0 Å². The molecule has 0 aromatic carbocycles. The van der Waals surface area contributed by atoms with Gasteiger partial charge in [0.05, 0.1) is 0 Å². The standard InChI is InChI=1S/C3H6S2.2CH3.Sn/c1-4-3-5-2;;;/h1-3H2;2*1H3;. The van der Waals surface area contributed by atoms with E-state index in [1.54, 1.807) is 7.54 Å². The molecule has 0 radical (unpaired) electrons. The minimum absolute atomic E-state index is 1.31. The van der Waals surface area contributed by atoms with Crippen molar-refractivity contribution in [2.24, 2.45) is 0 Å². The van der Waals surface area contributed by atoms with E-state index in [1.165, 1.54) is 5.08 Å². The Kier molecular flexibility index (Phi) is 2.91. The summed E-state index contributed by atoms with van der Waals surface area (Å²) in [5, 5.41) is 1.36. The Morgan fingerprint density at radius 2 is 1.62 bits per heavy atom. The van der Waals surface area contributed by atoms with Gasteiger partial charge in [0.1, 0.15) is 0 Å². The molecule has 1 saturated heterocycles. The summed E-state index contributed by atoms with van der Waals surface area (Å²) in [6, 6.07) is 0. The van der Waals surface area contributed by atoms with Crippen LogP contribution >= 0.6 is 23.5 Å². The molecular formula is C5H12S2Sn. The van der Waals surface area contributed by atoms with Crippen molar-refractivity contribution in [1.82, 2.24) is 0 Å². The van der Waals surface area contributed by atoms with Crippen LogP contribution in [0.4, 0.5) is 0 Å². The molecule has 0 aromatic heterocycles. The van der Waals surface area contributed by atoms with Crippen molar-refractivity contribution >= 4 is 41.9 Å². The summed E-state index contributed by atoms with van der Waals surface area (Å²) in [6.45, 7) is 0. The van der Waals surface area contributed by atoms with Crippen LogP contribution in [0, 0.1) is 0 Å². The topological polar surface area (TPSA) is 0 Å². The van der Waals surface area contributed by atoms with Gasteiger partial charge in [-0.15, -0.1) is 0 Å². The molecule has 1 aliphatic heterocycles. The Hall–Kier alpha value is 1.50. The van der Waals surface area contributed by atoms with E-state index in [2.05, 4.69) is 33.4 Å². The van der Waals surface area contributed by atoms with Crippen LogP contribution in [-0.4, -0.2) is 31.0 Å². The molecule has 0 bridgehead atoms. The molecule has 0 nitrogen and oxygen atoms in total. The number of hydrogen-bond donors (Lipinski definition) is 0. The first kappa shape index (κ1) is 7.60. The van der Waals surface area contributed by atoms with Gasteiger partial charge in [-0.1, -0.05) is 0 Å². The summed E-state index contributed by atoms with van der Waals surface area (Å²) in [4.78, 5) is 5.10. The molecule has 1 fully saturated rings. The molecule has 1 rings (SSSR count). The summed E-state index contributed by atoms with van der Waals surface area (Å²) in [5.74, 6) is 0. The minimum atomic E-state index is -1.31. The van der Waals surface area contributed by atoms with E-state index in [1.807, 2.05) is 0 Å². The van der Waals surface area contributed by atoms with E-state index in [4.69, 9.17) is 0 Å². The Balaban J connectivity index is 2.33. The molecule has 3 heteroatoms. The van der Waals surface area contributed by atoms with Crippen LogP contribution in [0.15, 0.2) is 0 Å². The van der Waals surface area contributed by atoms with Crippen molar-refractivity contribution in [3.05, 3.63) is 0 Å². The van der Waals surface area contributed by atoms with Crippen LogP contribution in [0.2, 0.25) is 9.88 Å². The quantitative estimate of drug-likeness (QED) is 0.608. The van der Waals surface area contributed by atoms with Crippen molar-refractivity contribution in [2.75, 3.05) is 12.6 Å². The molecule has 48 valence electrons. The summed E-state index contributed by atoms with van der Waals surface area (Å²) in [7, 11) is 0. The van der Waals surface area contributed by atoms with E-state index < -0.39 is 18.4 Å². The van der Waals surface area contributed by atoms with Gasteiger partial charge in [0.25, 0.3) is 0 Å². The predicted molar refractivity (Wildman–Crippen MR) is 47.3 cm³/mol. The summed E-state index contributed by atoms with van der Waals surface area (Å²) < 4.78 is 3.11. The molecule has 0 aliphatic carbocycles. The number of hydrogen-bond acceptors (Lipinski definition) is 2. The van der Waals surface area contributed by atoms with E-state index in [9.17, 15) is 0 Å². The maximum atomic E-state index is 2.55. The van der Waals surface area contributed by atoms with Gasteiger partial charge < -0.3 is 0 Å². The Morgan fingerprint density at radius 1 is 1.12 bits per heavy atom. The van der Waals surface area contributed by atoms with Gasteiger partial charge in [-0.3, -0.25) is 0 Å². The van der Waals surface area contributed by atoms with Gasteiger partial charge in [0, 0.05) is 0 Å². The SMILES string of the molecule is [CH3][Sn]1([CH3])[CH2]SCS[CH2]1. The molecule has 0 saturated carbocycles. The normalized spacial score (nSPS) is 27.8. The Bertz CT molecular complexity index is 74.5. The molecule has 1 aliphatic rings.